The quantitative estimate of drug-likeness (QED) is 0.262. The van der Waals surface area contributed by atoms with Crippen LogP contribution in [0.25, 0.3) is 0 Å². The van der Waals surface area contributed by atoms with Crippen LogP contribution in [0.5, 0.6) is 0 Å². The number of hydrogen-bond donors (Lipinski definition) is 1. The number of nitrogens with zero attached hydrogens (tertiary/aromatic N) is 1. The fourth-order valence-electron chi connectivity index (χ4n) is 0. The summed E-state index contributed by atoms with van der Waals surface area (Å²) in [5.74, 6) is 0. The van der Waals surface area contributed by atoms with Crippen LogP contribution < -0.4 is 0 Å². The molecule has 0 amide bonds. The molecule has 1 N–H and O–H groups in total. The van der Waals surface area contributed by atoms with Crippen LogP contribution in [0.15, 0.2) is 5.34 Å². The Morgan fingerprint density at radius 3 is 1.80 bits per heavy atom. The van der Waals surface area contributed by atoms with Crippen molar-refractivity contribution in [1.82, 2.24) is 0 Å². The topological polar surface area (TPSA) is 49.7 Å². The molecule has 0 unspecified atom stereocenters. The van der Waals surface area contributed by atoms with Crippen molar-refractivity contribution in [3.63, 3.8) is 0 Å². The molecule has 0 fully saturated rings. The summed E-state index contributed by atoms with van der Waals surface area (Å²) in [6.07, 6.45) is 0. The summed E-state index contributed by atoms with van der Waals surface area (Å²) in [6, 6.07) is 0. The summed E-state index contributed by atoms with van der Waals surface area (Å²) in [7, 11) is 0. The molecule has 0 bridgehead atoms. The third-order valence-corrected chi connectivity index (χ3v) is 0. The van der Waals surface area contributed by atoms with Crippen LogP contribution in [0.1, 0.15) is 0 Å². The van der Waals surface area contributed by atoms with Crippen molar-refractivity contribution in [2.75, 3.05) is 0 Å². The number of rotatable bonds is 0. The van der Waals surface area contributed by atoms with Gasteiger partial charge in [0.2, 0.25) is 0 Å². The molecule has 0 saturated carbocycles. The minimum atomic E-state index is 1.25. The molecule has 0 saturated heterocycles. The van der Waals surface area contributed by atoms with Crippen molar-refractivity contribution in [2.45, 2.75) is 4.17 Å². The average Bonchev–Trinajstić information content (AvgIpc) is 1.46. The van der Waals surface area contributed by atoms with E-state index in [0.717, 1.165) is 0 Å². The maximum absolute atomic E-state index is 8.11. The maximum atomic E-state index is 8.11. The van der Waals surface area contributed by atoms with E-state index < -0.39 is 0 Å². The van der Waals surface area contributed by atoms with Crippen molar-refractivity contribution < 1.29 is 5.21 Å². The fraction of sp³-hybridized carbons (Fsp3) is 1.00. The zero-order valence-electron chi connectivity index (χ0n) is 3.30. The van der Waals surface area contributed by atoms with Crippen LogP contribution in [0.4, 0.5) is 0 Å². The van der Waals surface area contributed by atoms with Crippen molar-refractivity contribution in [2.24, 2.45) is 5.34 Å². The summed E-state index contributed by atoms with van der Waals surface area (Å²) >= 11 is 1.31. The van der Waals surface area contributed by atoms with E-state index in [1.54, 1.807) is 0 Å². The van der Waals surface area contributed by atoms with Gasteiger partial charge in [-0.1, -0.05) is 0 Å². The van der Waals surface area contributed by atoms with Gasteiger partial charge in [0.25, 0.3) is 0 Å². The normalized spacial score (nSPS) is 3.80. The molecule has 5 heavy (non-hydrogen) atoms. The summed E-state index contributed by atoms with van der Waals surface area (Å²) in [4.78, 5) is 8.11. The van der Waals surface area contributed by atoms with Crippen LogP contribution in [0, 0.1) is 4.91 Å². The Bertz CT molecular complexity index is 17.1. The summed E-state index contributed by atoms with van der Waals surface area (Å²) < 4.78 is 2.14. The van der Waals surface area contributed by atoms with Gasteiger partial charge >= 0.3 is 32.1 Å². The first-order valence-electron chi connectivity index (χ1n) is 1.38. The second kappa shape index (κ2) is 26.0. The molecule has 0 aliphatic carbocycles. The van der Waals surface area contributed by atoms with Gasteiger partial charge in [0.05, 0.1) is 0 Å². The summed E-state index contributed by atoms with van der Waals surface area (Å²) in [5, 5.41) is 7.89. The molecular weight excluding hydrogens is 81.0 g/mol. The number of hydrogen-bond acceptors (Lipinski definition) is 2. The van der Waals surface area contributed by atoms with E-state index in [2.05, 4.69) is 4.17 Å². The monoisotopic (exact) mass is 85.0 g/mol. The van der Waals surface area contributed by atoms with E-state index in [9.17, 15) is 0 Å². The molecule has 0 rings (SSSR count). The van der Waals surface area contributed by atoms with Crippen LogP contribution in [-0.2, 0) is 0 Å². The molecule has 0 atom stereocenters. The summed E-state index contributed by atoms with van der Waals surface area (Å²) in [6.45, 7) is 0. The predicted molar refractivity (Wildman–Crippen MR) is 19.2 cm³/mol. The Hall–Kier alpha value is 0.400. The van der Waals surface area contributed by atoms with Crippen molar-refractivity contribution in [1.29, 1.82) is 0 Å². The molecular formula is CH4NNaO2. The van der Waals surface area contributed by atoms with E-state index in [0.29, 0.717) is 0 Å². The second-order valence-corrected chi connectivity index (χ2v) is 0.0816. The first-order valence-corrected chi connectivity index (χ1v) is 3.38. The molecule has 4 heteroatoms. The molecule has 26 valence electrons. The van der Waals surface area contributed by atoms with Gasteiger partial charge in [0, 0.05) is 0 Å². The van der Waals surface area contributed by atoms with Crippen LogP contribution in [0.3, 0.4) is 0 Å². The molecule has 0 aromatic heterocycles. The molecule has 0 spiro atoms. The Labute approximate surface area is 47.7 Å². The molecule has 0 aliphatic heterocycles. The molecule has 0 aromatic rings. The molecule has 3 nitrogen and oxygen atoms in total. The van der Waals surface area contributed by atoms with Crippen molar-refractivity contribution in [3.05, 3.63) is 4.91 Å². The average molecular weight is 85.0 g/mol. The van der Waals surface area contributed by atoms with Gasteiger partial charge in [-0.25, -0.2) is 0 Å². The Balaban J connectivity index is 0. The van der Waals surface area contributed by atoms with E-state index in [4.69, 9.17) is 10.1 Å². The van der Waals surface area contributed by atoms with Gasteiger partial charge in [0.15, 0.2) is 5.34 Å². The zero-order valence-corrected chi connectivity index (χ0v) is 5.30. The predicted octanol–water partition coefficient (Wildman–Crippen LogP) is 0.345. The van der Waals surface area contributed by atoms with Gasteiger partial charge in [-0.2, -0.15) is 0 Å². The van der Waals surface area contributed by atoms with Crippen LogP contribution in [0.2, 0.25) is 4.17 Å². The molecule has 0 aliphatic rings. The summed E-state index contributed by atoms with van der Waals surface area (Å²) in [5.41, 5.74) is 0. The third kappa shape index (κ3) is 158. The van der Waals surface area contributed by atoms with Gasteiger partial charge in [-0.15, -0.1) is 4.91 Å². The van der Waals surface area contributed by atoms with Crippen molar-refractivity contribution in [3.8, 4) is 0 Å². The molecule has 0 radical (unpaired) electrons. The molecule has 0 heterocycles. The minimum absolute atomic E-state index is 1.25. The zero-order chi connectivity index (χ0) is 4.71. The third-order valence-electron chi connectivity index (χ3n) is 0. The Kier molecular flexibility index (Phi) is 46.9. The first kappa shape index (κ1) is 9.04. The van der Waals surface area contributed by atoms with E-state index in [-0.39, 0.29) is 0 Å². The second-order valence-electron chi connectivity index (χ2n) is 0.0816. The first-order chi connectivity index (χ1) is 2.41. The Morgan fingerprint density at radius 1 is 1.80 bits per heavy atom. The molecule has 0 aromatic carbocycles. The van der Waals surface area contributed by atoms with Gasteiger partial charge in [-0.05, 0) is 0 Å². The van der Waals surface area contributed by atoms with Gasteiger partial charge in [0.1, 0.15) is 0 Å². The standard InChI is InChI=1S/CH3.HNO2.Na/c;2-1-3;/h1H3;(H,2,3);. The van der Waals surface area contributed by atoms with Crippen molar-refractivity contribution >= 4 is 27.9 Å². The SMILES string of the molecule is O=NO.[CH3][Na]. The van der Waals surface area contributed by atoms with E-state index >= 15 is 0 Å². The Morgan fingerprint density at radius 2 is 1.80 bits per heavy atom. The van der Waals surface area contributed by atoms with E-state index in [1.807, 2.05) is 0 Å². The van der Waals surface area contributed by atoms with Crippen LogP contribution >= 0.6 is 0 Å². The van der Waals surface area contributed by atoms with E-state index in [1.165, 1.54) is 33.3 Å². The van der Waals surface area contributed by atoms with Gasteiger partial charge in [-0.3, -0.25) is 0 Å². The van der Waals surface area contributed by atoms with Crippen LogP contribution in [-0.4, -0.2) is 33.1 Å². The van der Waals surface area contributed by atoms with Gasteiger partial charge < -0.3 is 5.21 Å². The fourth-order valence-corrected chi connectivity index (χ4v) is 0.